The molecule has 1 aliphatic carbocycles. The van der Waals surface area contributed by atoms with E-state index in [4.69, 9.17) is 6.42 Å². The molecule has 0 aromatic carbocycles. The molecule has 1 heterocycles. The van der Waals surface area contributed by atoms with Crippen LogP contribution >= 0.6 is 0 Å². The van der Waals surface area contributed by atoms with Crippen LogP contribution in [0.1, 0.15) is 24.4 Å². The zero-order valence-corrected chi connectivity index (χ0v) is 8.45. The number of rotatable bonds is 4. The zero-order valence-electron chi connectivity index (χ0n) is 8.45. The molecule has 1 saturated carbocycles. The summed E-state index contributed by atoms with van der Waals surface area (Å²) >= 11 is 0. The number of imidazole rings is 1. The molecular formula is C11H15N3. The lowest BCUT2D eigenvalue weighted by molar-refractivity contribution is 0.635. The molecule has 0 atom stereocenters. The molecule has 1 N–H and O–H groups in total. The monoisotopic (exact) mass is 189 g/mol. The van der Waals surface area contributed by atoms with Crippen molar-refractivity contribution >= 4 is 0 Å². The van der Waals surface area contributed by atoms with Gasteiger partial charge in [-0.15, -0.1) is 6.42 Å². The highest BCUT2D eigenvalue weighted by Crippen LogP contribution is 2.19. The average Bonchev–Trinajstić information content (AvgIpc) is 2.94. The van der Waals surface area contributed by atoms with Gasteiger partial charge < -0.3 is 9.88 Å². The second-order valence-corrected chi connectivity index (χ2v) is 3.74. The molecule has 0 unspecified atom stereocenters. The van der Waals surface area contributed by atoms with Gasteiger partial charge in [0.05, 0.1) is 12.2 Å². The number of terminal acetylenes is 1. The smallest absolute Gasteiger partial charge is 0.106 e. The standard InChI is InChI=1S/C11H15N3/c1-3-6-14-9(2)12-7-11(14)8-13-10-4-5-10/h1,7,10,13H,4-6,8H2,2H3. The Morgan fingerprint density at radius 2 is 2.50 bits per heavy atom. The maximum absolute atomic E-state index is 5.31. The van der Waals surface area contributed by atoms with Crippen molar-refractivity contribution in [3.63, 3.8) is 0 Å². The lowest BCUT2D eigenvalue weighted by atomic mass is 10.4. The number of hydrogen-bond acceptors (Lipinski definition) is 2. The van der Waals surface area contributed by atoms with Gasteiger partial charge in [-0.05, 0) is 19.8 Å². The molecule has 0 radical (unpaired) electrons. The van der Waals surface area contributed by atoms with Crippen molar-refractivity contribution in [3.05, 3.63) is 17.7 Å². The fraction of sp³-hybridized carbons (Fsp3) is 0.545. The van der Waals surface area contributed by atoms with Gasteiger partial charge in [-0.1, -0.05) is 5.92 Å². The number of aromatic nitrogens is 2. The van der Waals surface area contributed by atoms with Crippen LogP contribution in [-0.2, 0) is 13.1 Å². The van der Waals surface area contributed by atoms with Crippen LogP contribution in [0.5, 0.6) is 0 Å². The molecule has 3 heteroatoms. The van der Waals surface area contributed by atoms with Gasteiger partial charge in [-0.2, -0.15) is 0 Å². The molecule has 14 heavy (non-hydrogen) atoms. The molecule has 1 aromatic rings. The molecule has 1 aliphatic rings. The van der Waals surface area contributed by atoms with Gasteiger partial charge in [0, 0.05) is 18.8 Å². The zero-order chi connectivity index (χ0) is 9.97. The van der Waals surface area contributed by atoms with Crippen LogP contribution < -0.4 is 5.32 Å². The summed E-state index contributed by atoms with van der Waals surface area (Å²) in [7, 11) is 0. The maximum Gasteiger partial charge on any atom is 0.106 e. The summed E-state index contributed by atoms with van der Waals surface area (Å²) in [4.78, 5) is 4.26. The van der Waals surface area contributed by atoms with Crippen LogP contribution in [0, 0.1) is 19.3 Å². The van der Waals surface area contributed by atoms with E-state index in [0.717, 1.165) is 18.4 Å². The molecule has 0 amide bonds. The second-order valence-electron chi connectivity index (χ2n) is 3.74. The molecule has 0 bridgehead atoms. The molecule has 2 rings (SSSR count). The van der Waals surface area contributed by atoms with Crippen LogP contribution in [0.4, 0.5) is 0 Å². The van der Waals surface area contributed by atoms with Gasteiger partial charge >= 0.3 is 0 Å². The maximum atomic E-state index is 5.31. The number of aryl methyl sites for hydroxylation is 1. The van der Waals surface area contributed by atoms with Crippen molar-refractivity contribution in [2.24, 2.45) is 0 Å². The van der Waals surface area contributed by atoms with E-state index in [-0.39, 0.29) is 0 Å². The molecule has 3 nitrogen and oxygen atoms in total. The number of nitrogens with zero attached hydrogens (tertiary/aromatic N) is 2. The summed E-state index contributed by atoms with van der Waals surface area (Å²) in [5.74, 6) is 3.65. The lowest BCUT2D eigenvalue weighted by Gasteiger charge is -2.07. The predicted molar refractivity (Wildman–Crippen MR) is 55.7 cm³/mol. The molecule has 0 saturated heterocycles. The highest BCUT2D eigenvalue weighted by atomic mass is 15.1. The first-order chi connectivity index (χ1) is 6.81. The van der Waals surface area contributed by atoms with Crippen LogP contribution in [0.25, 0.3) is 0 Å². The Kier molecular flexibility index (Phi) is 2.55. The second kappa shape index (κ2) is 3.85. The van der Waals surface area contributed by atoms with Gasteiger partial charge in [0.2, 0.25) is 0 Å². The van der Waals surface area contributed by atoms with Crippen molar-refractivity contribution in [1.29, 1.82) is 0 Å². The topological polar surface area (TPSA) is 29.9 Å². The summed E-state index contributed by atoms with van der Waals surface area (Å²) in [6.45, 7) is 3.48. The van der Waals surface area contributed by atoms with Crippen LogP contribution in [0.2, 0.25) is 0 Å². The normalized spacial score (nSPS) is 15.4. The van der Waals surface area contributed by atoms with Crippen molar-refractivity contribution in [3.8, 4) is 12.3 Å². The lowest BCUT2D eigenvalue weighted by Crippen LogP contribution is -2.18. The van der Waals surface area contributed by atoms with Crippen LogP contribution in [0.3, 0.4) is 0 Å². The van der Waals surface area contributed by atoms with Gasteiger partial charge in [0.15, 0.2) is 0 Å². The Labute approximate surface area is 84.5 Å². The molecule has 1 aromatic heterocycles. The van der Waals surface area contributed by atoms with Gasteiger partial charge in [-0.3, -0.25) is 0 Å². The first kappa shape index (κ1) is 9.29. The summed E-state index contributed by atoms with van der Waals surface area (Å²) in [6.07, 6.45) is 9.83. The van der Waals surface area contributed by atoms with Crippen molar-refractivity contribution in [2.45, 2.75) is 38.9 Å². The summed E-state index contributed by atoms with van der Waals surface area (Å²) in [5.41, 5.74) is 1.19. The Hall–Kier alpha value is -1.27. The summed E-state index contributed by atoms with van der Waals surface area (Å²) < 4.78 is 2.08. The van der Waals surface area contributed by atoms with E-state index in [2.05, 4.69) is 20.8 Å². The average molecular weight is 189 g/mol. The first-order valence-corrected chi connectivity index (χ1v) is 4.99. The van der Waals surface area contributed by atoms with E-state index < -0.39 is 0 Å². The fourth-order valence-electron chi connectivity index (χ4n) is 1.50. The SMILES string of the molecule is C#CCn1c(CNC2CC2)cnc1C. The Morgan fingerprint density at radius 1 is 1.71 bits per heavy atom. The molecule has 1 fully saturated rings. The summed E-state index contributed by atoms with van der Waals surface area (Å²) in [5, 5.41) is 3.46. The van der Waals surface area contributed by atoms with E-state index in [1.54, 1.807) is 0 Å². The van der Waals surface area contributed by atoms with Gasteiger partial charge in [0.25, 0.3) is 0 Å². The van der Waals surface area contributed by atoms with Crippen molar-refractivity contribution in [2.75, 3.05) is 0 Å². The molecule has 0 aliphatic heterocycles. The predicted octanol–water partition coefficient (Wildman–Crippen LogP) is 1.08. The minimum absolute atomic E-state index is 0.619. The third kappa shape index (κ3) is 1.97. The van der Waals surface area contributed by atoms with Crippen LogP contribution in [0.15, 0.2) is 6.20 Å². The summed E-state index contributed by atoms with van der Waals surface area (Å²) in [6, 6.07) is 0.726. The number of nitrogens with one attached hydrogen (secondary N) is 1. The number of hydrogen-bond donors (Lipinski definition) is 1. The molecule has 0 spiro atoms. The third-order valence-corrected chi connectivity index (χ3v) is 2.54. The van der Waals surface area contributed by atoms with E-state index in [1.165, 1.54) is 18.5 Å². The Bertz CT molecular complexity index is 355. The highest BCUT2D eigenvalue weighted by molar-refractivity contribution is 5.07. The largest absolute Gasteiger partial charge is 0.319 e. The van der Waals surface area contributed by atoms with Crippen molar-refractivity contribution < 1.29 is 0 Å². The third-order valence-electron chi connectivity index (χ3n) is 2.54. The van der Waals surface area contributed by atoms with Gasteiger partial charge in [-0.25, -0.2) is 4.98 Å². The first-order valence-electron chi connectivity index (χ1n) is 4.99. The fourth-order valence-corrected chi connectivity index (χ4v) is 1.50. The van der Waals surface area contributed by atoms with E-state index in [0.29, 0.717) is 6.54 Å². The molecule has 74 valence electrons. The van der Waals surface area contributed by atoms with E-state index >= 15 is 0 Å². The molecular weight excluding hydrogens is 174 g/mol. The van der Waals surface area contributed by atoms with E-state index in [9.17, 15) is 0 Å². The van der Waals surface area contributed by atoms with Crippen LogP contribution in [-0.4, -0.2) is 15.6 Å². The van der Waals surface area contributed by atoms with E-state index in [1.807, 2.05) is 13.1 Å². The highest BCUT2D eigenvalue weighted by Gasteiger charge is 2.20. The Morgan fingerprint density at radius 3 is 3.14 bits per heavy atom. The minimum Gasteiger partial charge on any atom is -0.319 e. The van der Waals surface area contributed by atoms with Crippen molar-refractivity contribution in [1.82, 2.24) is 14.9 Å². The minimum atomic E-state index is 0.619. The Balaban J connectivity index is 2.03. The quantitative estimate of drug-likeness (QED) is 0.718. The van der Waals surface area contributed by atoms with Gasteiger partial charge in [0.1, 0.15) is 5.82 Å².